The first kappa shape index (κ1) is 18.0. The maximum absolute atomic E-state index is 12.8. The number of carbonyl (C=O) groups excluding carboxylic acids is 1. The van der Waals surface area contributed by atoms with E-state index in [1.165, 1.54) is 24.2 Å². The topological polar surface area (TPSA) is 88.5 Å². The first-order valence-electron chi connectivity index (χ1n) is 9.29. The van der Waals surface area contributed by atoms with Crippen molar-refractivity contribution in [3.05, 3.63) is 44.9 Å². The molecule has 2 N–H and O–H groups in total. The van der Waals surface area contributed by atoms with E-state index in [1.54, 1.807) is 12.1 Å². The molecule has 1 amide bonds. The van der Waals surface area contributed by atoms with Crippen LogP contribution in [-0.4, -0.2) is 28.6 Å². The van der Waals surface area contributed by atoms with E-state index in [0.29, 0.717) is 28.7 Å². The molecule has 0 radical (unpaired) electrons. The van der Waals surface area contributed by atoms with Crippen molar-refractivity contribution in [2.75, 3.05) is 6.61 Å². The fourth-order valence-corrected chi connectivity index (χ4v) is 4.98. The van der Waals surface area contributed by atoms with Crippen LogP contribution in [0.2, 0.25) is 0 Å². The molecule has 1 unspecified atom stereocenters. The van der Waals surface area contributed by atoms with Crippen molar-refractivity contribution in [2.45, 2.75) is 51.0 Å². The quantitative estimate of drug-likeness (QED) is 0.820. The molecule has 0 spiro atoms. The van der Waals surface area contributed by atoms with Crippen molar-refractivity contribution in [1.82, 2.24) is 10.3 Å². The number of aryl methyl sites for hydroxylation is 1. The van der Waals surface area contributed by atoms with Gasteiger partial charge in [0.15, 0.2) is 6.04 Å². The Balaban J connectivity index is 1.55. The van der Waals surface area contributed by atoms with E-state index in [1.807, 2.05) is 13.0 Å². The van der Waals surface area contributed by atoms with Gasteiger partial charge in [-0.15, -0.1) is 11.3 Å². The first-order chi connectivity index (χ1) is 13.0. The Morgan fingerprint density at radius 2 is 2.11 bits per heavy atom. The predicted molar refractivity (Wildman–Crippen MR) is 102 cm³/mol. The molecule has 1 aromatic carbocycles. The van der Waals surface area contributed by atoms with Crippen molar-refractivity contribution in [3.63, 3.8) is 0 Å². The highest BCUT2D eigenvalue weighted by molar-refractivity contribution is 7.13. The van der Waals surface area contributed by atoms with Crippen LogP contribution in [0.3, 0.4) is 0 Å². The van der Waals surface area contributed by atoms with Gasteiger partial charge in [-0.3, -0.25) is 4.79 Å². The fourth-order valence-electron chi connectivity index (χ4n) is 3.85. The molecule has 1 aromatic heterocycles. The molecular weight excluding hydrogens is 364 g/mol. The zero-order valence-electron chi connectivity index (χ0n) is 15.2. The van der Waals surface area contributed by atoms with Crippen LogP contribution in [0.4, 0.5) is 0 Å². The Labute approximate surface area is 161 Å². The molecule has 27 heavy (non-hydrogen) atoms. The number of aliphatic carboxylic acids is 1. The SMILES string of the molecule is Cc1nc(C2CCCC2)sc1C(=O)NC(C(=O)O)c1ccc2c(c1)CCO2. The van der Waals surface area contributed by atoms with Crippen molar-refractivity contribution in [1.29, 1.82) is 0 Å². The number of nitrogens with one attached hydrogen (secondary N) is 1. The summed E-state index contributed by atoms with van der Waals surface area (Å²) in [4.78, 5) is 29.7. The smallest absolute Gasteiger partial charge is 0.330 e. The van der Waals surface area contributed by atoms with Gasteiger partial charge in [0.1, 0.15) is 10.6 Å². The third kappa shape index (κ3) is 3.56. The van der Waals surface area contributed by atoms with Gasteiger partial charge in [-0.25, -0.2) is 9.78 Å². The number of thiazole rings is 1. The molecule has 0 bridgehead atoms. The number of ether oxygens (including phenoxy) is 1. The lowest BCUT2D eigenvalue weighted by Crippen LogP contribution is -2.33. The van der Waals surface area contributed by atoms with Gasteiger partial charge in [-0.2, -0.15) is 0 Å². The predicted octanol–water partition coefficient (Wildman–Crippen LogP) is 3.60. The number of carboxylic acid groups (broad SMARTS) is 1. The van der Waals surface area contributed by atoms with Gasteiger partial charge in [-0.05, 0) is 43.0 Å². The van der Waals surface area contributed by atoms with E-state index in [0.717, 1.165) is 35.6 Å². The van der Waals surface area contributed by atoms with Crippen LogP contribution in [0.15, 0.2) is 18.2 Å². The summed E-state index contributed by atoms with van der Waals surface area (Å²) in [5, 5.41) is 13.3. The number of amides is 1. The van der Waals surface area contributed by atoms with E-state index in [-0.39, 0.29) is 5.91 Å². The number of carbonyl (C=O) groups is 2. The third-order valence-corrected chi connectivity index (χ3v) is 6.61. The molecule has 1 aliphatic carbocycles. The third-order valence-electron chi connectivity index (χ3n) is 5.29. The molecule has 1 aliphatic heterocycles. The van der Waals surface area contributed by atoms with E-state index in [9.17, 15) is 14.7 Å². The summed E-state index contributed by atoms with van der Waals surface area (Å²) >= 11 is 1.40. The van der Waals surface area contributed by atoms with Gasteiger partial charge < -0.3 is 15.2 Å². The van der Waals surface area contributed by atoms with Crippen LogP contribution < -0.4 is 10.1 Å². The Morgan fingerprint density at radius 3 is 2.85 bits per heavy atom. The second-order valence-electron chi connectivity index (χ2n) is 7.16. The fraction of sp³-hybridized carbons (Fsp3) is 0.450. The Bertz CT molecular complexity index is 886. The summed E-state index contributed by atoms with van der Waals surface area (Å²) in [6.45, 7) is 2.42. The standard InChI is InChI=1S/C20H22N2O4S/c1-11-17(27-19(21-11)12-4-2-3-5-12)18(23)22-16(20(24)25)14-6-7-15-13(10-14)8-9-26-15/h6-7,10,12,16H,2-5,8-9H2,1H3,(H,22,23)(H,24,25). The highest BCUT2D eigenvalue weighted by atomic mass is 32.1. The number of hydrogen-bond acceptors (Lipinski definition) is 5. The Morgan fingerprint density at radius 1 is 1.33 bits per heavy atom. The summed E-state index contributed by atoms with van der Waals surface area (Å²) < 4.78 is 5.47. The van der Waals surface area contributed by atoms with Gasteiger partial charge >= 0.3 is 5.97 Å². The van der Waals surface area contributed by atoms with Crippen molar-refractivity contribution in [3.8, 4) is 5.75 Å². The highest BCUT2D eigenvalue weighted by Gasteiger charge is 2.28. The molecule has 2 heterocycles. The lowest BCUT2D eigenvalue weighted by Gasteiger charge is -2.15. The van der Waals surface area contributed by atoms with Crippen LogP contribution in [0.1, 0.15) is 69.1 Å². The van der Waals surface area contributed by atoms with Crippen LogP contribution in [0, 0.1) is 6.92 Å². The number of aromatic nitrogens is 1. The lowest BCUT2D eigenvalue weighted by atomic mass is 10.0. The van der Waals surface area contributed by atoms with Gasteiger partial charge in [0.25, 0.3) is 5.91 Å². The molecule has 1 saturated carbocycles. The molecule has 7 heteroatoms. The number of carboxylic acids is 1. The highest BCUT2D eigenvalue weighted by Crippen LogP contribution is 2.37. The van der Waals surface area contributed by atoms with Gasteiger partial charge in [0.05, 0.1) is 17.3 Å². The van der Waals surface area contributed by atoms with E-state index in [2.05, 4.69) is 10.3 Å². The number of fused-ring (bicyclic) bond motifs is 1. The van der Waals surface area contributed by atoms with Crippen LogP contribution in [0.25, 0.3) is 0 Å². The van der Waals surface area contributed by atoms with Gasteiger partial charge in [0.2, 0.25) is 0 Å². The molecule has 2 aliphatic rings. The maximum Gasteiger partial charge on any atom is 0.330 e. The number of nitrogens with zero attached hydrogens (tertiary/aromatic N) is 1. The molecule has 1 fully saturated rings. The monoisotopic (exact) mass is 386 g/mol. The first-order valence-corrected chi connectivity index (χ1v) is 10.1. The summed E-state index contributed by atoms with van der Waals surface area (Å²) in [6.07, 6.45) is 5.38. The minimum absolute atomic E-state index is 0.376. The Kier molecular flexibility index (Phi) is 4.86. The summed E-state index contributed by atoms with van der Waals surface area (Å²) in [5.74, 6) is -0.241. The van der Waals surface area contributed by atoms with Crippen LogP contribution in [-0.2, 0) is 11.2 Å². The largest absolute Gasteiger partial charge is 0.493 e. The molecule has 0 saturated heterocycles. The lowest BCUT2D eigenvalue weighted by molar-refractivity contribution is -0.139. The Hall–Kier alpha value is -2.41. The maximum atomic E-state index is 12.8. The molecule has 4 rings (SSSR count). The summed E-state index contributed by atoms with van der Waals surface area (Å²) in [5.41, 5.74) is 2.20. The zero-order chi connectivity index (χ0) is 19.0. The van der Waals surface area contributed by atoms with Crippen LogP contribution in [0.5, 0.6) is 5.75 Å². The molecule has 6 nitrogen and oxygen atoms in total. The van der Waals surface area contributed by atoms with Gasteiger partial charge in [-0.1, -0.05) is 18.9 Å². The van der Waals surface area contributed by atoms with Crippen molar-refractivity contribution < 1.29 is 19.4 Å². The minimum Gasteiger partial charge on any atom is -0.493 e. The second-order valence-corrected chi connectivity index (χ2v) is 8.19. The molecular formula is C20H22N2O4S. The zero-order valence-corrected chi connectivity index (χ0v) is 16.0. The van der Waals surface area contributed by atoms with Gasteiger partial charge in [0, 0.05) is 12.3 Å². The van der Waals surface area contributed by atoms with E-state index < -0.39 is 12.0 Å². The average Bonchev–Trinajstić information content (AvgIpc) is 3.38. The van der Waals surface area contributed by atoms with Crippen molar-refractivity contribution in [2.24, 2.45) is 0 Å². The molecule has 142 valence electrons. The molecule has 2 aromatic rings. The van der Waals surface area contributed by atoms with Crippen molar-refractivity contribution >= 4 is 23.2 Å². The van der Waals surface area contributed by atoms with Crippen LogP contribution >= 0.6 is 11.3 Å². The number of hydrogen-bond donors (Lipinski definition) is 2. The number of rotatable bonds is 5. The second kappa shape index (κ2) is 7.31. The van der Waals surface area contributed by atoms with E-state index >= 15 is 0 Å². The summed E-state index contributed by atoms with van der Waals surface area (Å²) in [7, 11) is 0. The number of benzene rings is 1. The van der Waals surface area contributed by atoms with E-state index in [4.69, 9.17) is 4.74 Å². The minimum atomic E-state index is -1.10. The normalized spacial score (nSPS) is 17.4. The molecule has 1 atom stereocenters. The average molecular weight is 386 g/mol. The summed E-state index contributed by atoms with van der Waals surface area (Å²) in [6, 6.07) is 4.19.